The van der Waals surface area contributed by atoms with E-state index in [1.54, 1.807) is 0 Å². The Labute approximate surface area is 255 Å². The van der Waals surface area contributed by atoms with Crippen molar-refractivity contribution in [2.75, 3.05) is 39.3 Å². The third-order valence-electron chi connectivity index (χ3n) is 8.97. The number of aromatic nitrogens is 1. The number of carbonyl (C=O) groups excluding carboxylic acids is 2. The molecule has 2 amide bonds. The number of carbonyl (C=O) groups is 2. The molecular weight excluding hydrogens is 532 g/mol. The first kappa shape index (κ1) is 28.8. The second kappa shape index (κ2) is 12.5. The molecule has 0 spiro atoms. The molecule has 4 aromatic rings. The molecule has 6 rings (SSSR count). The van der Waals surface area contributed by atoms with Crippen LogP contribution in [0.4, 0.5) is 0 Å². The van der Waals surface area contributed by atoms with Crippen LogP contribution in [0, 0.1) is 20.8 Å². The van der Waals surface area contributed by atoms with Gasteiger partial charge in [0.05, 0.1) is 11.4 Å². The Kier molecular flexibility index (Phi) is 8.39. The molecule has 0 aliphatic carbocycles. The van der Waals surface area contributed by atoms with Crippen molar-refractivity contribution >= 4 is 11.8 Å². The van der Waals surface area contributed by atoms with E-state index in [1.165, 1.54) is 5.56 Å². The Balaban J connectivity index is 1.10. The van der Waals surface area contributed by atoms with Gasteiger partial charge in [-0.15, -0.1) is 0 Å². The molecule has 1 aromatic heterocycles. The number of piperazine rings is 1. The van der Waals surface area contributed by atoms with Crippen molar-refractivity contribution in [3.63, 3.8) is 0 Å². The number of piperidine rings is 1. The van der Waals surface area contributed by atoms with Crippen LogP contribution in [0.1, 0.15) is 50.2 Å². The lowest BCUT2D eigenvalue weighted by atomic mass is 9.96. The Hall–Kier alpha value is -4.29. The largest absolute Gasteiger partial charge is 0.339 e. The number of hydrogen-bond donors (Lipinski definition) is 0. The van der Waals surface area contributed by atoms with Gasteiger partial charge < -0.3 is 9.80 Å². The fraction of sp³-hybridized carbons (Fsp3) is 0.324. The summed E-state index contributed by atoms with van der Waals surface area (Å²) in [5.41, 5.74) is 8.46. The fourth-order valence-electron chi connectivity index (χ4n) is 6.75. The van der Waals surface area contributed by atoms with E-state index in [4.69, 9.17) is 4.98 Å². The SMILES string of the molecule is Cc1cc(C)c(C(=O)N2CCC(N3CCN(C(=O)c4cc(-c5ccccc5)nc(-c5ccccc5)c4)CC3)CC2)c(C)c1. The predicted octanol–water partition coefficient (Wildman–Crippen LogP) is 6.40. The predicted molar refractivity (Wildman–Crippen MR) is 172 cm³/mol. The lowest BCUT2D eigenvalue weighted by Gasteiger charge is -2.43. The third kappa shape index (κ3) is 6.25. The molecule has 2 saturated heterocycles. The number of pyridine rings is 1. The summed E-state index contributed by atoms with van der Waals surface area (Å²) in [5, 5.41) is 0. The fourth-order valence-corrected chi connectivity index (χ4v) is 6.75. The summed E-state index contributed by atoms with van der Waals surface area (Å²) in [7, 11) is 0. The van der Waals surface area contributed by atoms with Crippen molar-refractivity contribution < 1.29 is 9.59 Å². The van der Waals surface area contributed by atoms with Crippen LogP contribution in [0.5, 0.6) is 0 Å². The van der Waals surface area contributed by atoms with E-state index in [2.05, 4.69) is 24.0 Å². The molecule has 3 heterocycles. The number of aryl methyl sites for hydroxylation is 3. The molecule has 0 unspecified atom stereocenters. The number of likely N-dealkylation sites (tertiary alicyclic amines) is 1. The first-order valence-electron chi connectivity index (χ1n) is 15.4. The highest BCUT2D eigenvalue weighted by Gasteiger charge is 2.31. The van der Waals surface area contributed by atoms with Gasteiger partial charge in [0.2, 0.25) is 0 Å². The standard InChI is InChI=1S/C37H40N4O2/c1-26-22-27(2)35(28(3)23-26)37(43)40-16-14-32(15-17-40)39-18-20-41(21-19-39)36(42)31-24-33(29-10-6-4-7-11-29)38-34(25-31)30-12-8-5-9-13-30/h4-13,22-25,32H,14-21H2,1-3H3. The minimum Gasteiger partial charge on any atom is -0.339 e. The molecule has 6 heteroatoms. The molecule has 2 fully saturated rings. The highest BCUT2D eigenvalue weighted by Crippen LogP contribution is 2.27. The highest BCUT2D eigenvalue weighted by atomic mass is 16.2. The van der Waals surface area contributed by atoms with Gasteiger partial charge in [-0.1, -0.05) is 78.4 Å². The van der Waals surface area contributed by atoms with E-state index < -0.39 is 0 Å². The van der Waals surface area contributed by atoms with Crippen LogP contribution < -0.4 is 0 Å². The molecule has 0 radical (unpaired) electrons. The Morgan fingerprint density at radius 3 is 1.63 bits per heavy atom. The lowest BCUT2D eigenvalue weighted by molar-refractivity contribution is 0.0411. The minimum atomic E-state index is 0.0562. The van der Waals surface area contributed by atoms with Gasteiger partial charge in [0.15, 0.2) is 0 Å². The lowest BCUT2D eigenvalue weighted by Crippen LogP contribution is -2.54. The molecule has 0 bridgehead atoms. The molecule has 43 heavy (non-hydrogen) atoms. The average molecular weight is 573 g/mol. The molecule has 220 valence electrons. The number of nitrogens with zero attached hydrogens (tertiary/aromatic N) is 4. The zero-order valence-corrected chi connectivity index (χ0v) is 25.4. The van der Waals surface area contributed by atoms with Gasteiger partial charge >= 0.3 is 0 Å². The molecule has 3 aromatic carbocycles. The smallest absolute Gasteiger partial charge is 0.254 e. The van der Waals surface area contributed by atoms with Gasteiger partial charge in [-0.25, -0.2) is 4.98 Å². The van der Waals surface area contributed by atoms with Crippen molar-refractivity contribution in [2.45, 2.75) is 39.7 Å². The van der Waals surface area contributed by atoms with Crippen molar-refractivity contribution in [3.8, 4) is 22.5 Å². The van der Waals surface area contributed by atoms with Crippen LogP contribution in [0.2, 0.25) is 0 Å². The normalized spacial score (nSPS) is 16.3. The second-order valence-corrected chi connectivity index (χ2v) is 12.0. The first-order chi connectivity index (χ1) is 20.9. The first-order valence-corrected chi connectivity index (χ1v) is 15.4. The Bertz CT molecular complexity index is 1520. The average Bonchev–Trinajstić information content (AvgIpc) is 3.04. The molecular formula is C37H40N4O2. The van der Waals surface area contributed by atoms with Crippen LogP contribution in [-0.2, 0) is 0 Å². The summed E-state index contributed by atoms with van der Waals surface area (Å²) < 4.78 is 0. The van der Waals surface area contributed by atoms with Crippen molar-refractivity contribution in [1.29, 1.82) is 0 Å². The van der Waals surface area contributed by atoms with Gasteiger partial charge in [-0.05, 0) is 56.9 Å². The molecule has 0 N–H and O–H groups in total. The number of rotatable bonds is 5. The summed E-state index contributed by atoms with van der Waals surface area (Å²) in [6.07, 6.45) is 1.93. The van der Waals surface area contributed by atoms with E-state index in [0.29, 0.717) is 24.7 Å². The summed E-state index contributed by atoms with van der Waals surface area (Å²) in [4.78, 5) is 38.6. The topological polar surface area (TPSA) is 56.8 Å². The van der Waals surface area contributed by atoms with E-state index in [9.17, 15) is 9.59 Å². The van der Waals surface area contributed by atoms with Crippen molar-refractivity contribution in [3.05, 3.63) is 113 Å². The Morgan fingerprint density at radius 2 is 1.12 bits per heavy atom. The zero-order chi connectivity index (χ0) is 29.9. The summed E-state index contributed by atoms with van der Waals surface area (Å²) in [6, 6.07) is 28.6. The van der Waals surface area contributed by atoms with Crippen LogP contribution in [-0.4, -0.2) is 76.8 Å². The van der Waals surface area contributed by atoms with Crippen LogP contribution in [0.15, 0.2) is 84.9 Å². The summed E-state index contributed by atoms with van der Waals surface area (Å²) >= 11 is 0. The van der Waals surface area contributed by atoms with Gasteiger partial charge in [0, 0.05) is 67.6 Å². The highest BCUT2D eigenvalue weighted by molar-refractivity contribution is 5.97. The molecule has 2 aliphatic rings. The van der Waals surface area contributed by atoms with Crippen molar-refractivity contribution in [2.24, 2.45) is 0 Å². The Morgan fingerprint density at radius 1 is 0.628 bits per heavy atom. The van der Waals surface area contributed by atoms with Gasteiger partial charge in [0.1, 0.15) is 0 Å². The minimum absolute atomic E-state index is 0.0562. The number of hydrogen-bond acceptors (Lipinski definition) is 4. The van der Waals surface area contributed by atoms with Gasteiger partial charge in [-0.2, -0.15) is 0 Å². The van der Waals surface area contributed by atoms with E-state index >= 15 is 0 Å². The maximum atomic E-state index is 13.8. The van der Waals surface area contributed by atoms with E-state index in [1.807, 2.05) is 96.4 Å². The molecule has 6 nitrogen and oxygen atoms in total. The molecule has 0 atom stereocenters. The maximum absolute atomic E-state index is 13.8. The summed E-state index contributed by atoms with van der Waals surface area (Å²) in [6.45, 7) is 10.8. The van der Waals surface area contributed by atoms with Gasteiger partial charge in [-0.3, -0.25) is 14.5 Å². The zero-order valence-electron chi connectivity index (χ0n) is 25.4. The second-order valence-electron chi connectivity index (χ2n) is 12.0. The molecule has 2 aliphatic heterocycles. The van der Waals surface area contributed by atoms with Crippen LogP contribution in [0.3, 0.4) is 0 Å². The van der Waals surface area contributed by atoms with E-state index in [0.717, 1.165) is 78.2 Å². The number of amides is 2. The molecule has 0 saturated carbocycles. The monoisotopic (exact) mass is 572 g/mol. The third-order valence-corrected chi connectivity index (χ3v) is 8.97. The quantitative estimate of drug-likeness (QED) is 0.278. The van der Waals surface area contributed by atoms with Crippen molar-refractivity contribution in [1.82, 2.24) is 19.7 Å². The van der Waals surface area contributed by atoms with Crippen LogP contribution in [0.25, 0.3) is 22.5 Å². The maximum Gasteiger partial charge on any atom is 0.254 e. The van der Waals surface area contributed by atoms with Gasteiger partial charge in [0.25, 0.3) is 11.8 Å². The number of benzene rings is 3. The van der Waals surface area contributed by atoms with E-state index in [-0.39, 0.29) is 11.8 Å². The van der Waals surface area contributed by atoms with Crippen LogP contribution >= 0.6 is 0 Å². The summed E-state index contributed by atoms with van der Waals surface area (Å²) in [5.74, 6) is 0.214.